The number of aromatic carboxylic acids is 1. The van der Waals surface area contributed by atoms with Gasteiger partial charge >= 0.3 is 5.97 Å². The zero-order valence-corrected chi connectivity index (χ0v) is 20.5. The average Bonchev–Trinajstić information content (AvgIpc) is 3.35. The van der Waals surface area contributed by atoms with E-state index in [9.17, 15) is 9.59 Å². The van der Waals surface area contributed by atoms with Crippen molar-refractivity contribution in [2.45, 2.75) is 20.1 Å². The molecule has 0 atom stereocenters. The molecule has 0 radical (unpaired) electrons. The third-order valence-electron chi connectivity index (χ3n) is 5.69. The Labute approximate surface area is 216 Å². The van der Waals surface area contributed by atoms with Gasteiger partial charge in [0, 0.05) is 18.3 Å². The minimum absolute atomic E-state index is 0.166. The van der Waals surface area contributed by atoms with E-state index in [4.69, 9.17) is 26.2 Å². The molecule has 2 N–H and O–H groups in total. The molecule has 1 aliphatic heterocycles. The summed E-state index contributed by atoms with van der Waals surface area (Å²) in [6.45, 7) is 3.53. The molecule has 1 aliphatic rings. The van der Waals surface area contributed by atoms with Crippen LogP contribution in [-0.4, -0.2) is 49.9 Å². The minimum Gasteiger partial charge on any atom is -0.490 e. The number of nitrogens with one attached hydrogen (secondary N) is 1. The van der Waals surface area contributed by atoms with Gasteiger partial charge in [-0.2, -0.15) is 5.10 Å². The van der Waals surface area contributed by atoms with Crippen LogP contribution in [0.1, 0.15) is 33.3 Å². The van der Waals surface area contributed by atoms with Crippen molar-refractivity contribution in [2.24, 2.45) is 0 Å². The smallest absolute Gasteiger partial charge is 0.335 e. The SMILES string of the molecule is CCOc1cc(-c2nccc(-c3cc4n(n3)CCNC4=O)n2)cc(Cl)c1OCc1ccc(C(=O)O)cc1. The van der Waals surface area contributed by atoms with Gasteiger partial charge in [-0.25, -0.2) is 14.8 Å². The molecule has 0 saturated heterocycles. The molecule has 0 bridgehead atoms. The molecule has 3 heterocycles. The third-order valence-corrected chi connectivity index (χ3v) is 5.97. The van der Waals surface area contributed by atoms with Gasteiger partial charge in [0.15, 0.2) is 17.3 Å². The highest BCUT2D eigenvalue weighted by atomic mass is 35.5. The summed E-state index contributed by atoms with van der Waals surface area (Å²) in [5, 5.41) is 16.7. The van der Waals surface area contributed by atoms with Gasteiger partial charge in [-0.05, 0) is 48.9 Å². The zero-order chi connectivity index (χ0) is 25.9. The summed E-state index contributed by atoms with van der Waals surface area (Å²) in [7, 11) is 0. The van der Waals surface area contributed by atoms with Crippen LogP contribution in [0.15, 0.2) is 54.7 Å². The molecule has 2 aromatic heterocycles. The van der Waals surface area contributed by atoms with Gasteiger partial charge in [-0.1, -0.05) is 23.7 Å². The fourth-order valence-electron chi connectivity index (χ4n) is 3.90. The van der Waals surface area contributed by atoms with E-state index in [1.54, 1.807) is 47.3 Å². The largest absolute Gasteiger partial charge is 0.490 e. The number of hydrogen-bond donors (Lipinski definition) is 2. The number of hydrogen-bond acceptors (Lipinski definition) is 7. The van der Waals surface area contributed by atoms with Crippen molar-refractivity contribution >= 4 is 23.5 Å². The Morgan fingerprint density at radius 3 is 2.68 bits per heavy atom. The maximum Gasteiger partial charge on any atom is 0.335 e. The molecular weight excluding hydrogens is 498 g/mol. The van der Waals surface area contributed by atoms with Crippen LogP contribution in [-0.2, 0) is 13.2 Å². The number of benzene rings is 2. The highest BCUT2D eigenvalue weighted by Gasteiger charge is 2.21. The van der Waals surface area contributed by atoms with E-state index in [1.165, 1.54) is 12.1 Å². The van der Waals surface area contributed by atoms with Crippen LogP contribution in [0.5, 0.6) is 11.5 Å². The van der Waals surface area contributed by atoms with Gasteiger partial charge in [0.25, 0.3) is 5.91 Å². The number of halogens is 1. The molecule has 0 saturated carbocycles. The molecule has 11 heteroatoms. The molecule has 0 aliphatic carbocycles. The quantitative estimate of drug-likeness (QED) is 0.356. The minimum atomic E-state index is -0.992. The van der Waals surface area contributed by atoms with Crippen molar-refractivity contribution < 1.29 is 24.2 Å². The lowest BCUT2D eigenvalue weighted by molar-refractivity contribution is 0.0696. The van der Waals surface area contributed by atoms with Gasteiger partial charge < -0.3 is 19.9 Å². The molecule has 0 fully saturated rings. The van der Waals surface area contributed by atoms with Crippen LogP contribution in [0.3, 0.4) is 0 Å². The standard InChI is InChI=1S/C26H22ClN5O5/c1-2-36-22-12-17(11-18(27)23(22)37-14-15-3-5-16(6-4-15)26(34)35)24-28-8-7-19(30-24)20-13-21-25(33)29-9-10-32(21)31-20/h3-8,11-13H,2,9-10,14H2,1H3,(H,29,33)(H,34,35). The predicted molar refractivity (Wildman–Crippen MR) is 135 cm³/mol. The normalized spacial score (nSPS) is 12.5. The van der Waals surface area contributed by atoms with Crippen LogP contribution in [0, 0.1) is 0 Å². The Morgan fingerprint density at radius 2 is 1.95 bits per heavy atom. The molecule has 0 spiro atoms. The number of carbonyl (C=O) groups is 2. The maximum atomic E-state index is 12.1. The lowest BCUT2D eigenvalue weighted by Gasteiger charge is -2.15. The summed E-state index contributed by atoms with van der Waals surface area (Å²) >= 11 is 6.60. The fourth-order valence-corrected chi connectivity index (χ4v) is 4.17. The number of amides is 1. The van der Waals surface area contributed by atoms with E-state index < -0.39 is 5.97 Å². The van der Waals surface area contributed by atoms with Crippen LogP contribution in [0.25, 0.3) is 22.8 Å². The maximum absolute atomic E-state index is 12.1. The lowest BCUT2D eigenvalue weighted by atomic mass is 10.1. The summed E-state index contributed by atoms with van der Waals surface area (Å²) in [4.78, 5) is 32.2. The van der Waals surface area contributed by atoms with Gasteiger partial charge in [0.05, 0.1) is 29.4 Å². The average molecular weight is 520 g/mol. The number of ether oxygens (including phenoxy) is 2. The Kier molecular flexibility index (Phi) is 6.74. The summed E-state index contributed by atoms with van der Waals surface area (Å²) in [5.41, 5.74) is 3.22. The van der Waals surface area contributed by atoms with Gasteiger partial charge in [-0.3, -0.25) is 9.48 Å². The topological polar surface area (TPSA) is 128 Å². The number of carboxylic acids is 1. The van der Waals surface area contributed by atoms with Gasteiger partial charge in [-0.15, -0.1) is 0 Å². The highest BCUT2D eigenvalue weighted by Crippen LogP contribution is 2.39. The van der Waals surface area contributed by atoms with Crippen molar-refractivity contribution in [3.05, 3.63) is 76.6 Å². The second-order valence-corrected chi connectivity index (χ2v) is 8.58. The third kappa shape index (κ3) is 5.10. The molecule has 188 valence electrons. The Morgan fingerprint density at radius 1 is 1.14 bits per heavy atom. The van der Waals surface area contributed by atoms with E-state index >= 15 is 0 Å². The second-order valence-electron chi connectivity index (χ2n) is 8.17. The van der Waals surface area contributed by atoms with Crippen molar-refractivity contribution in [3.63, 3.8) is 0 Å². The van der Waals surface area contributed by atoms with Crippen molar-refractivity contribution in [1.82, 2.24) is 25.1 Å². The fraction of sp³-hybridized carbons (Fsp3) is 0.192. The van der Waals surface area contributed by atoms with E-state index in [0.29, 0.717) is 64.7 Å². The lowest BCUT2D eigenvalue weighted by Crippen LogP contribution is -2.35. The molecule has 1 amide bonds. The van der Waals surface area contributed by atoms with Gasteiger partial charge in [0.1, 0.15) is 18.0 Å². The first kappa shape index (κ1) is 24.3. The first-order valence-corrected chi connectivity index (χ1v) is 11.9. The van der Waals surface area contributed by atoms with Crippen molar-refractivity contribution in [2.75, 3.05) is 13.2 Å². The zero-order valence-electron chi connectivity index (χ0n) is 19.8. The number of aromatic nitrogens is 4. The summed E-state index contributed by atoms with van der Waals surface area (Å²) < 4.78 is 13.4. The van der Waals surface area contributed by atoms with Crippen LogP contribution in [0.4, 0.5) is 0 Å². The number of fused-ring (bicyclic) bond motifs is 1. The molecule has 4 aromatic rings. The van der Waals surface area contributed by atoms with Crippen LogP contribution >= 0.6 is 11.6 Å². The number of carboxylic acid groups (broad SMARTS) is 1. The molecule has 2 aromatic carbocycles. The molecule has 0 unspecified atom stereocenters. The second kappa shape index (κ2) is 10.3. The Bertz CT molecular complexity index is 1490. The van der Waals surface area contributed by atoms with E-state index in [1.807, 2.05) is 6.92 Å². The number of rotatable bonds is 8. The van der Waals surface area contributed by atoms with Gasteiger partial charge in [0.2, 0.25) is 0 Å². The first-order valence-electron chi connectivity index (χ1n) is 11.5. The number of nitrogens with zero attached hydrogens (tertiary/aromatic N) is 4. The van der Waals surface area contributed by atoms with Crippen molar-refractivity contribution in [3.8, 4) is 34.3 Å². The predicted octanol–water partition coefficient (Wildman–Crippen LogP) is 4.08. The summed E-state index contributed by atoms with van der Waals surface area (Å²) in [6.07, 6.45) is 1.62. The summed E-state index contributed by atoms with van der Waals surface area (Å²) in [5.74, 6) is 0.0373. The highest BCUT2D eigenvalue weighted by molar-refractivity contribution is 6.32. The monoisotopic (exact) mass is 519 g/mol. The Balaban J connectivity index is 1.42. The van der Waals surface area contributed by atoms with E-state index in [-0.39, 0.29) is 18.1 Å². The molecule has 37 heavy (non-hydrogen) atoms. The van der Waals surface area contributed by atoms with E-state index in [0.717, 1.165) is 5.56 Å². The number of carbonyl (C=O) groups excluding carboxylic acids is 1. The molecular formula is C26H22ClN5O5. The first-order chi connectivity index (χ1) is 17.9. The van der Waals surface area contributed by atoms with Crippen LogP contribution < -0.4 is 14.8 Å². The molecule has 5 rings (SSSR count). The van der Waals surface area contributed by atoms with Crippen molar-refractivity contribution in [1.29, 1.82) is 0 Å². The summed E-state index contributed by atoms with van der Waals surface area (Å²) in [6, 6.07) is 13.3. The van der Waals surface area contributed by atoms with Crippen LogP contribution in [0.2, 0.25) is 5.02 Å². The Hall–Kier alpha value is -4.44. The van der Waals surface area contributed by atoms with E-state index in [2.05, 4.69) is 20.4 Å². The molecule has 10 nitrogen and oxygen atoms in total.